The summed E-state index contributed by atoms with van der Waals surface area (Å²) in [5.74, 6) is -0.132. The molecule has 0 aromatic carbocycles. The number of amides is 1. The molecule has 3 N–H and O–H groups in total. The van der Waals surface area contributed by atoms with Crippen LogP contribution in [0.1, 0.15) is 431 Å². The molecular weight excluding hydrogens is 1070 g/mol. The largest absolute Gasteiger partial charge is 0.472 e. The molecule has 0 aliphatic rings. The van der Waals surface area contributed by atoms with Crippen molar-refractivity contribution in [2.45, 2.75) is 443 Å². The number of unbranched alkanes of at least 4 members (excludes halogenated alkanes) is 61. The topological polar surface area (TPSA) is 105 Å². The zero-order chi connectivity index (χ0) is 61.9. The van der Waals surface area contributed by atoms with Crippen LogP contribution in [0.3, 0.4) is 0 Å². The number of hydrogen-bond donors (Lipinski definition) is 3. The van der Waals surface area contributed by atoms with Gasteiger partial charge in [-0.2, -0.15) is 0 Å². The zero-order valence-corrected chi connectivity index (χ0v) is 59.6. The number of phosphoric acid groups is 1. The Kier molecular flexibility index (Phi) is 67.5. The fourth-order valence-electron chi connectivity index (χ4n) is 12.6. The Labute approximate surface area is 533 Å². The van der Waals surface area contributed by atoms with E-state index in [1.54, 1.807) is 0 Å². The van der Waals surface area contributed by atoms with Crippen molar-refractivity contribution in [2.24, 2.45) is 0 Å². The molecule has 0 aromatic heterocycles. The number of quaternary nitrogens is 1. The molecule has 3 unspecified atom stereocenters. The number of aliphatic hydroxyl groups is 1. The molecule has 0 rings (SSSR count). The van der Waals surface area contributed by atoms with Gasteiger partial charge < -0.3 is 19.8 Å². The summed E-state index contributed by atoms with van der Waals surface area (Å²) >= 11 is 0. The third-order valence-electron chi connectivity index (χ3n) is 18.6. The van der Waals surface area contributed by atoms with Crippen LogP contribution >= 0.6 is 7.82 Å². The van der Waals surface area contributed by atoms with Gasteiger partial charge in [0.05, 0.1) is 39.9 Å². The molecule has 85 heavy (non-hydrogen) atoms. The first-order valence-electron chi connectivity index (χ1n) is 38.9. The Bertz CT molecular complexity index is 1350. The molecule has 510 valence electrons. The monoisotopic (exact) mass is 1220 g/mol. The maximum Gasteiger partial charge on any atom is 0.472 e. The predicted octanol–water partition coefficient (Wildman–Crippen LogP) is 25.1. The van der Waals surface area contributed by atoms with Crippen LogP contribution in [-0.2, 0) is 18.4 Å². The van der Waals surface area contributed by atoms with E-state index in [0.29, 0.717) is 23.9 Å². The van der Waals surface area contributed by atoms with Gasteiger partial charge in [-0.05, 0) is 12.8 Å². The van der Waals surface area contributed by atoms with Gasteiger partial charge in [-0.3, -0.25) is 13.8 Å². The standard InChI is InChI=1S/C76H155N2O6P/c1-6-8-10-12-14-16-18-20-22-24-26-28-30-31-32-33-34-35-36-37-38-39-40-41-42-43-44-45-46-48-50-52-54-56-58-60-62-64-66-68-70-76(80)77-74(73-84-85(81,82)83-72-71-78(3,4)5)75(79)69-67-65-63-61-59-57-55-53-51-49-47-29-27-25-23-21-19-17-15-13-11-9-7-2/h74-75,79H,6-73H2,1-5H3,(H-,77,80,81,82)/p+1. The fraction of sp³-hybridized carbons (Fsp3) is 0.987. The van der Waals surface area contributed by atoms with Crippen LogP contribution in [0.15, 0.2) is 0 Å². The van der Waals surface area contributed by atoms with E-state index in [9.17, 15) is 19.4 Å². The van der Waals surface area contributed by atoms with Crippen molar-refractivity contribution in [3.8, 4) is 0 Å². The summed E-state index contributed by atoms with van der Waals surface area (Å²) in [5, 5.41) is 14.2. The number of nitrogens with zero attached hydrogens (tertiary/aromatic N) is 1. The summed E-state index contributed by atoms with van der Waals surface area (Å²) in [4.78, 5) is 23.5. The van der Waals surface area contributed by atoms with Crippen molar-refractivity contribution in [3.63, 3.8) is 0 Å². The Hall–Kier alpha value is -0.500. The quantitative estimate of drug-likeness (QED) is 0.0318. The molecule has 0 bridgehead atoms. The van der Waals surface area contributed by atoms with Crippen molar-refractivity contribution in [1.29, 1.82) is 0 Å². The SMILES string of the molecule is CCCCCCCCCCCCCCCCCCCCCCCCCCCCCCCCCCCCCCCCCCC(=O)NC(COP(=O)(O)OCC[N+](C)(C)C)C(O)CCCCCCCCCCCCCCCCCCCCCCCCC. The molecule has 3 atom stereocenters. The predicted molar refractivity (Wildman–Crippen MR) is 374 cm³/mol. The molecule has 0 spiro atoms. The maximum absolute atomic E-state index is 13.1. The average molecular weight is 1230 g/mol. The Morgan fingerprint density at radius 2 is 0.565 bits per heavy atom. The third-order valence-corrected chi connectivity index (χ3v) is 19.6. The van der Waals surface area contributed by atoms with Gasteiger partial charge in [0, 0.05) is 6.42 Å². The molecule has 0 saturated carbocycles. The summed E-state index contributed by atoms with van der Waals surface area (Å²) in [5.41, 5.74) is 0. The molecule has 0 aliphatic heterocycles. The first-order valence-corrected chi connectivity index (χ1v) is 40.4. The van der Waals surface area contributed by atoms with Crippen LogP contribution < -0.4 is 5.32 Å². The van der Waals surface area contributed by atoms with E-state index in [0.717, 1.165) is 38.5 Å². The summed E-state index contributed by atoms with van der Waals surface area (Å²) < 4.78 is 23.9. The highest BCUT2D eigenvalue weighted by Gasteiger charge is 2.28. The van der Waals surface area contributed by atoms with E-state index in [-0.39, 0.29) is 19.1 Å². The molecule has 0 fully saturated rings. The lowest BCUT2D eigenvalue weighted by atomic mass is 10.0. The maximum atomic E-state index is 13.1. The fourth-order valence-corrected chi connectivity index (χ4v) is 13.3. The molecule has 0 aromatic rings. The molecule has 0 radical (unpaired) electrons. The molecule has 0 saturated heterocycles. The number of phosphoric ester groups is 1. The summed E-state index contributed by atoms with van der Waals surface area (Å²) in [6.07, 6.45) is 86.8. The van der Waals surface area contributed by atoms with Crippen LogP contribution in [0.2, 0.25) is 0 Å². The molecular formula is C76H156N2O6P+. The van der Waals surface area contributed by atoms with Gasteiger partial charge in [-0.1, -0.05) is 412 Å². The second-order valence-electron chi connectivity index (χ2n) is 28.5. The third kappa shape index (κ3) is 70.8. The van der Waals surface area contributed by atoms with Gasteiger partial charge in [-0.25, -0.2) is 4.57 Å². The minimum atomic E-state index is -4.33. The van der Waals surface area contributed by atoms with Crippen molar-refractivity contribution < 1.29 is 32.9 Å². The Morgan fingerprint density at radius 3 is 0.788 bits per heavy atom. The molecule has 8 nitrogen and oxygen atoms in total. The lowest BCUT2D eigenvalue weighted by Gasteiger charge is -2.26. The number of carbonyl (C=O) groups is 1. The molecule has 9 heteroatoms. The number of hydrogen-bond acceptors (Lipinski definition) is 5. The average Bonchev–Trinajstić information content (AvgIpc) is 3.48. The number of likely N-dealkylation sites (N-methyl/N-ethyl adjacent to an activating group) is 1. The van der Waals surface area contributed by atoms with Crippen molar-refractivity contribution >= 4 is 13.7 Å². The second-order valence-corrected chi connectivity index (χ2v) is 29.9. The first-order chi connectivity index (χ1) is 41.5. The highest BCUT2D eigenvalue weighted by atomic mass is 31.2. The summed E-state index contributed by atoms with van der Waals surface area (Å²) in [6, 6.07) is -0.757. The first kappa shape index (κ1) is 84.5. The van der Waals surface area contributed by atoms with Crippen molar-refractivity contribution in [3.05, 3.63) is 0 Å². The van der Waals surface area contributed by atoms with Crippen LogP contribution in [-0.4, -0.2) is 73.4 Å². The Balaban J connectivity index is 3.85. The summed E-state index contributed by atoms with van der Waals surface area (Å²) in [6.45, 7) is 4.97. The number of carbonyl (C=O) groups excluding carboxylic acids is 1. The Morgan fingerprint density at radius 1 is 0.353 bits per heavy atom. The van der Waals surface area contributed by atoms with E-state index in [1.165, 1.54) is 366 Å². The van der Waals surface area contributed by atoms with Crippen LogP contribution in [0.25, 0.3) is 0 Å². The van der Waals surface area contributed by atoms with Crippen molar-refractivity contribution in [2.75, 3.05) is 40.9 Å². The van der Waals surface area contributed by atoms with Gasteiger partial charge in [0.2, 0.25) is 5.91 Å². The van der Waals surface area contributed by atoms with E-state index >= 15 is 0 Å². The van der Waals surface area contributed by atoms with Gasteiger partial charge >= 0.3 is 7.82 Å². The van der Waals surface area contributed by atoms with E-state index in [2.05, 4.69) is 19.2 Å². The van der Waals surface area contributed by atoms with Crippen LogP contribution in [0.4, 0.5) is 0 Å². The minimum absolute atomic E-state index is 0.0795. The molecule has 1 amide bonds. The lowest BCUT2D eigenvalue weighted by molar-refractivity contribution is -0.870. The lowest BCUT2D eigenvalue weighted by Crippen LogP contribution is -2.46. The van der Waals surface area contributed by atoms with Crippen LogP contribution in [0, 0.1) is 0 Å². The zero-order valence-electron chi connectivity index (χ0n) is 58.7. The number of nitrogens with one attached hydrogen (secondary N) is 1. The van der Waals surface area contributed by atoms with Gasteiger partial charge in [0.1, 0.15) is 13.2 Å². The van der Waals surface area contributed by atoms with Gasteiger partial charge in [0.15, 0.2) is 0 Å². The molecule has 0 heterocycles. The highest BCUT2D eigenvalue weighted by molar-refractivity contribution is 7.47. The normalized spacial score (nSPS) is 13.4. The van der Waals surface area contributed by atoms with Gasteiger partial charge in [0.25, 0.3) is 0 Å². The molecule has 0 aliphatic carbocycles. The van der Waals surface area contributed by atoms with Crippen molar-refractivity contribution in [1.82, 2.24) is 5.32 Å². The second kappa shape index (κ2) is 67.9. The smallest absolute Gasteiger partial charge is 0.391 e. The highest BCUT2D eigenvalue weighted by Crippen LogP contribution is 2.43. The van der Waals surface area contributed by atoms with E-state index in [1.807, 2.05) is 21.1 Å². The minimum Gasteiger partial charge on any atom is -0.391 e. The number of rotatable bonds is 74. The van der Waals surface area contributed by atoms with E-state index in [4.69, 9.17) is 9.05 Å². The summed E-state index contributed by atoms with van der Waals surface area (Å²) in [7, 11) is 1.64. The van der Waals surface area contributed by atoms with Gasteiger partial charge in [-0.15, -0.1) is 0 Å². The number of aliphatic hydroxyl groups excluding tert-OH is 1. The van der Waals surface area contributed by atoms with Crippen LogP contribution in [0.5, 0.6) is 0 Å². The van der Waals surface area contributed by atoms with E-state index < -0.39 is 20.0 Å².